The van der Waals surface area contributed by atoms with Crippen molar-refractivity contribution < 1.29 is 9.53 Å². The Balaban J connectivity index is 2.17. The summed E-state index contributed by atoms with van der Waals surface area (Å²) < 4.78 is 4.92. The average Bonchev–Trinajstić information content (AvgIpc) is 2.39. The Hall–Kier alpha value is -2.09. The zero-order valence-corrected chi connectivity index (χ0v) is 10.5. The number of ether oxygens (including phenoxy) is 1. The van der Waals surface area contributed by atoms with E-state index >= 15 is 0 Å². The summed E-state index contributed by atoms with van der Waals surface area (Å²) in [5, 5.41) is 2.37. The molecule has 2 aromatic carbocycles. The molecule has 18 heavy (non-hydrogen) atoms. The van der Waals surface area contributed by atoms with Gasteiger partial charge in [0.05, 0.1) is 6.61 Å². The molecule has 0 radical (unpaired) electrons. The zero-order chi connectivity index (χ0) is 13.0. The highest BCUT2D eigenvalue weighted by molar-refractivity contribution is 5.89. The molecule has 2 heteroatoms. The van der Waals surface area contributed by atoms with E-state index in [-0.39, 0.29) is 5.97 Å². The fourth-order valence-electron chi connectivity index (χ4n) is 1.90. The minimum atomic E-state index is -0.314. The van der Waals surface area contributed by atoms with Gasteiger partial charge in [0, 0.05) is 12.0 Å². The van der Waals surface area contributed by atoms with Gasteiger partial charge in [-0.15, -0.1) is 0 Å². The van der Waals surface area contributed by atoms with Crippen molar-refractivity contribution in [2.24, 2.45) is 0 Å². The van der Waals surface area contributed by atoms with Crippen LogP contribution in [0.1, 0.15) is 12.5 Å². The van der Waals surface area contributed by atoms with Crippen molar-refractivity contribution in [3.8, 4) is 0 Å². The lowest BCUT2D eigenvalue weighted by Gasteiger charge is -2.06. The van der Waals surface area contributed by atoms with E-state index in [0.29, 0.717) is 18.6 Å². The Bertz CT molecular complexity index is 584. The molecule has 2 nitrogen and oxygen atoms in total. The molecule has 0 fully saturated rings. The van der Waals surface area contributed by atoms with Gasteiger partial charge in [-0.1, -0.05) is 49.0 Å². The Morgan fingerprint density at radius 2 is 1.89 bits per heavy atom. The SMILES string of the molecule is C=C(Cc1ccc2ccccc2c1)C(=O)OCC. The van der Waals surface area contributed by atoms with Gasteiger partial charge in [-0.2, -0.15) is 0 Å². The summed E-state index contributed by atoms with van der Waals surface area (Å²) in [7, 11) is 0. The Kier molecular flexibility index (Phi) is 3.78. The van der Waals surface area contributed by atoms with Crippen LogP contribution in [0, 0.1) is 0 Å². The van der Waals surface area contributed by atoms with Gasteiger partial charge in [0.15, 0.2) is 0 Å². The second-order valence-corrected chi connectivity index (χ2v) is 4.18. The van der Waals surface area contributed by atoms with Crippen molar-refractivity contribution in [2.75, 3.05) is 6.61 Å². The zero-order valence-electron chi connectivity index (χ0n) is 10.5. The normalized spacial score (nSPS) is 10.3. The highest BCUT2D eigenvalue weighted by Crippen LogP contribution is 2.17. The Labute approximate surface area is 107 Å². The number of hydrogen-bond acceptors (Lipinski definition) is 2. The van der Waals surface area contributed by atoms with Crippen LogP contribution < -0.4 is 0 Å². The van der Waals surface area contributed by atoms with Crippen molar-refractivity contribution in [1.82, 2.24) is 0 Å². The maximum atomic E-state index is 11.5. The highest BCUT2D eigenvalue weighted by atomic mass is 16.5. The Morgan fingerprint density at radius 3 is 2.61 bits per heavy atom. The first-order valence-electron chi connectivity index (χ1n) is 6.03. The third-order valence-corrected chi connectivity index (χ3v) is 2.80. The van der Waals surface area contributed by atoms with E-state index in [2.05, 4.69) is 30.8 Å². The molecule has 92 valence electrons. The summed E-state index contributed by atoms with van der Waals surface area (Å²) >= 11 is 0. The maximum Gasteiger partial charge on any atom is 0.333 e. The van der Waals surface area contributed by atoms with E-state index in [1.165, 1.54) is 10.8 Å². The minimum absolute atomic E-state index is 0.314. The molecule has 0 spiro atoms. The predicted molar refractivity (Wildman–Crippen MR) is 73.4 cm³/mol. The quantitative estimate of drug-likeness (QED) is 0.604. The monoisotopic (exact) mass is 240 g/mol. The molecule has 0 aromatic heterocycles. The number of hydrogen-bond donors (Lipinski definition) is 0. The minimum Gasteiger partial charge on any atom is -0.463 e. The molecule has 0 saturated carbocycles. The van der Waals surface area contributed by atoms with Gasteiger partial charge < -0.3 is 4.74 Å². The first-order valence-corrected chi connectivity index (χ1v) is 6.03. The van der Waals surface area contributed by atoms with Crippen LogP contribution in [0.4, 0.5) is 0 Å². The Morgan fingerprint density at radius 1 is 1.17 bits per heavy atom. The molecular weight excluding hydrogens is 224 g/mol. The molecule has 0 amide bonds. The number of benzene rings is 2. The molecule has 0 atom stereocenters. The van der Waals surface area contributed by atoms with Crippen molar-refractivity contribution in [1.29, 1.82) is 0 Å². The van der Waals surface area contributed by atoms with Crippen LogP contribution in [0.15, 0.2) is 54.6 Å². The van der Waals surface area contributed by atoms with Crippen molar-refractivity contribution >= 4 is 16.7 Å². The molecule has 0 bridgehead atoms. The van der Waals surface area contributed by atoms with Gasteiger partial charge in [-0.3, -0.25) is 0 Å². The molecule has 0 unspecified atom stereocenters. The van der Waals surface area contributed by atoms with Crippen molar-refractivity contribution in [2.45, 2.75) is 13.3 Å². The molecule has 0 aliphatic carbocycles. The van der Waals surface area contributed by atoms with Gasteiger partial charge in [-0.25, -0.2) is 4.79 Å². The van der Waals surface area contributed by atoms with E-state index in [1.807, 2.05) is 18.2 Å². The molecule has 2 aromatic rings. The number of rotatable bonds is 4. The summed E-state index contributed by atoms with van der Waals surface area (Å²) in [5.41, 5.74) is 1.57. The highest BCUT2D eigenvalue weighted by Gasteiger charge is 2.08. The van der Waals surface area contributed by atoms with Crippen molar-refractivity contribution in [3.05, 3.63) is 60.2 Å². The van der Waals surface area contributed by atoms with Crippen LogP contribution in [-0.4, -0.2) is 12.6 Å². The predicted octanol–water partition coefficient (Wildman–Crippen LogP) is 3.50. The topological polar surface area (TPSA) is 26.3 Å². The second-order valence-electron chi connectivity index (χ2n) is 4.18. The first kappa shape index (κ1) is 12.4. The smallest absolute Gasteiger partial charge is 0.333 e. The third kappa shape index (κ3) is 2.77. The van der Waals surface area contributed by atoms with Crippen molar-refractivity contribution in [3.63, 3.8) is 0 Å². The lowest BCUT2D eigenvalue weighted by molar-refractivity contribution is -0.138. The lowest BCUT2D eigenvalue weighted by Crippen LogP contribution is -2.08. The second kappa shape index (κ2) is 5.50. The van der Waals surface area contributed by atoms with E-state index < -0.39 is 0 Å². The standard InChI is InChI=1S/C16H16O2/c1-3-18-16(17)12(2)10-13-8-9-14-6-4-5-7-15(14)11-13/h4-9,11H,2-3,10H2,1H3. The van der Waals surface area contributed by atoms with Gasteiger partial charge >= 0.3 is 5.97 Å². The van der Waals surface area contributed by atoms with Crippen LogP contribution in [0.2, 0.25) is 0 Å². The van der Waals surface area contributed by atoms with E-state index in [1.54, 1.807) is 6.92 Å². The number of carbonyl (C=O) groups excluding carboxylic acids is 1. The van der Waals surface area contributed by atoms with Gasteiger partial charge in [0.2, 0.25) is 0 Å². The summed E-state index contributed by atoms with van der Waals surface area (Å²) in [6.45, 7) is 5.95. The molecule has 0 aliphatic rings. The van der Waals surface area contributed by atoms with Crippen LogP contribution in [0.3, 0.4) is 0 Å². The van der Waals surface area contributed by atoms with Crippen LogP contribution in [-0.2, 0) is 16.0 Å². The van der Waals surface area contributed by atoms with E-state index in [9.17, 15) is 4.79 Å². The third-order valence-electron chi connectivity index (χ3n) is 2.80. The first-order chi connectivity index (χ1) is 8.70. The summed E-state index contributed by atoms with van der Waals surface area (Å²) in [4.78, 5) is 11.5. The summed E-state index contributed by atoms with van der Waals surface area (Å²) in [6.07, 6.45) is 0.531. The largest absolute Gasteiger partial charge is 0.463 e. The number of carbonyl (C=O) groups is 1. The molecular formula is C16H16O2. The van der Waals surface area contributed by atoms with Crippen LogP contribution >= 0.6 is 0 Å². The van der Waals surface area contributed by atoms with Gasteiger partial charge in [-0.05, 0) is 23.3 Å². The lowest BCUT2D eigenvalue weighted by atomic mass is 10.0. The van der Waals surface area contributed by atoms with Crippen LogP contribution in [0.25, 0.3) is 10.8 Å². The fraction of sp³-hybridized carbons (Fsp3) is 0.188. The summed E-state index contributed by atoms with van der Waals surface area (Å²) in [5.74, 6) is -0.314. The van der Waals surface area contributed by atoms with Gasteiger partial charge in [0.25, 0.3) is 0 Å². The summed E-state index contributed by atoms with van der Waals surface area (Å²) in [6, 6.07) is 14.3. The van der Waals surface area contributed by atoms with E-state index in [0.717, 1.165) is 5.56 Å². The molecule has 0 aliphatic heterocycles. The molecule has 0 N–H and O–H groups in total. The maximum absolute atomic E-state index is 11.5. The fourth-order valence-corrected chi connectivity index (χ4v) is 1.90. The average molecular weight is 240 g/mol. The molecule has 2 rings (SSSR count). The molecule has 0 saturated heterocycles. The number of esters is 1. The number of fused-ring (bicyclic) bond motifs is 1. The van der Waals surface area contributed by atoms with Crippen LogP contribution in [0.5, 0.6) is 0 Å². The molecule has 0 heterocycles. The van der Waals surface area contributed by atoms with E-state index in [4.69, 9.17) is 4.74 Å². The van der Waals surface area contributed by atoms with Gasteiger partial charge in [0.1, 0.15) is 0 Å².